The minimum Gasteiger partial charge on any atom is -0.480 e. The largest absolute Gasteiger partial charge is 0.480 e. The number of carbonyl (C=O) groups excluding carboxylic acids is 1. The predicted octanol–water partition coefficient (Wildman–Crippen LogP) is 1.40. The quantitative estimate of drug-likeness (QED) is 0.725. The van der Waals surface area contributed by atoms with Crippen LogP contribution < -0.4 is 5.32 Å². The van der Waals surface area contributed by atoms with Crippen LogP contribution in [0.5, 0.6) is 0 Å². The molecule has 0 aromatic carbocycles. The topological polar surface area (TPSA) is 66.4 Å². The van der Waals surface area contributed by atoms with Crippen molar-refractivity contribution in [1.82, 2.24) is 5.32 Å². The highest BCUT2D eigenvalue weighted by Crippen LogP contribution is 2.26. The number of amides is 1. The number of nitrogens with one attached hydrogen (secondary N) is 1. The van der Waals surface area contributed by atoms with Crippen molar-refractivity contribution in [3.8, 4) is 0 Å². The van der Waals surface area contributed by atoms with Gasteiger partial charge in [0.15, 0.2) is 0 Å². The van der Waals surface area contributed by atoms with Crippen LogP contribution in [0.1, 0.15) is 39.5 Å². The Labute approximate surface area is 90.0 Å². The Morgan fingerprint density at radius 3 is 2.40 bits per heavy atom. The Kier molecular flexibility index (Phi) is 4.12. The maximum atomic E-state index is 11.6. The molecule has 0 aromatic rings. The molecule has 1 aliphatic rings. The summed E-state index contributed by atoms with van der Waals surface area (Å²) in [6, 6.07) is -0.733. The first-order valence-electron chi connectivity index (χ1n) is 5.59. The summed E-state index contributed by atoms with van der Waals surface area (Å²) in [6.45, 7) is 3.77. The van der Waals surface area contributed by atoms with Crippen molar-refractivity contribution in [1.29, 1.82) is 0 Å². The van der Waals surface area contributed by atoms with E-state index in [0.717, 1.165) is 25.7 Å². The van der Waals surface area contributed by atoms with Crippen LogP contribution in [0.2, 0.25) is 0 Å². The molecule has 86 valence electrons. The smallest absolute Gasteiger partial charge is 0.326 e. The van der Waals surface area contributed by atoms with E-state index < -0.39 is 12.0 Å². The maximum Gasteiger partial charge on any atom is 0.326 e. The summed E-state index contributed by atoms with van der Waals surface area (Å²) in [7, 11) is 0. The van der Waals surface area contributed by atoms with E-state index in [0.29, 0.717) is 0 Å². The third kappa shape index (κ3) is 2.94. The number of carbonyl (C=O) groups is 2. The monoisotopic (exact) mass is 213 g/mol. The van der Waals surface area contributed by atoms with E-state index in [-0.39, 0.29) is 17.7 Å². The lowest BCUT2D eigenvalue weighted by molar-refractivity contribution is -0.144. The lowest BCUT2D eigenvalue weighted by atomic mass is 9.84. The molecule has 4 heteroatoms. The number of hydrogen-bond acceptors (Lipinski definition) is 2. The molecule has 1 fully saturated rings. The zero-order valence-electron chi connectivity index (χ0n) is 9.32. The summed E-state index contributed by atoms with van der Waals surface area (Å²) in [5.74, 6) is -0.992. The number of hydrogen-bond donors (Lipinski definition) is 2. The van der Waals surface area contributed by atoms with Crippen molar-refractivity contribution in [2.45, 2.75) is 45.6 Å². The van der Waals surface area contributed by atoms with Crippen LogP contribution in [0, 0.1) is 11.8 Å². The lowest BCUT2D eigenvalue weighted by Crippen LogP contribution is -2.48. The fraction of sp³-hybridized carbons (Fsp3) is 0.818. The summed E-state index contributed by atoms with van der Waals surface area (Å²) in [5, 5.41) is 11.6. The molecule has 2 N–H and O–H groups in total. The second-order valence-corrected chi connectivity index (χ2v) is 4.34. The number of carboxylic acids is 1. The summed E-state index contributed by atoms with van der Waals surface area (Å²) < 4.78 is 0. The molecular formula is C11H19NO3. The fourth-order valence-electron chi connectivity index (χ4n) is 1.62. The lowest BCUT2D eigenvalue weighted by Gasteiger charge is -2.27. The van der Waals surface area contributed by atoms with E-state index in [4.69, 9.17) is 5.11 Å². The minimum absolute atomic E-state index is 0.0217. The van der Waals surface area contributed by atoms with Crippen molar-refractivity contribution in [2.24, 2.45) is 11.8 Å². The molecule has 4 nitrogen and oxygen atoms in total. The third-order valence-electron chi connectivity index (χ3n) is 3.25. The van der Waals surface area contributed by atoms with Gasteiger partial charge in [-0.05, 0) is 18.8 Å². The van der Waals surface area contributed by atoms with E-state index in [1.165, 1.54) is 0 Å². The fourth-order valence-corrected chi connectivity index (χ4v) is 1.62. The van der Waals surface area contributed by atoms with Crippen molar-refractivity contribution < 1.29 is 14.7 Å². The van der Waals surface area contributed by atoms with Gasteiger partial charge in [-0.1, -0.05) is 26.7 Å². The van der Waals surface area contributed by atoms with Gasteiger partial charge in [-0.15, -0.1) is 0 Å². The molecule has 15 heavy (non-hydrogen) atoms. The second kappa shape index (κ2) is 5.14. The first-order chi connectivity index (χ1) is 7.06. The van der Waals surface area contributed by atoms with Crippen LogP contribution >= 0.6 is 0 Å². The Morgan fingerprint density at radius 1 is 1.47 bits per heavy atom. The van der Waals surface area contributed by atoms with E-state index in [1.807, 2.05) is 13.8 Å². The molecule has 2 unspecified atom stereocenters. The van der Waals surface area contributed by atoms with Crippen LogP contribution in [-0.4, -0.2) is 23.0 Å². The highest BCUT2D eigenvalue weighted by molar-refractivity contribution is 5.85. The van der Waals surface area contributed by atoms with Gasteiger partial charge in [0, 0.05) is 5.92 Å². The van der Waals surface area contributed by atoms with Crippen molar-refractivity contribution in [2.75, 3.05) is 0 Å². The zero-order chi connectivity index (χ0) is 11.4. The molecule has 1 rings (SSSR count). The van der Waals surface area contributed by atoms with E-state index in [1.54, 1.807) is 0 Å². The molecule has 1 aliphatic carbocycles. The van der Waals surface area contributed by atoms with Crippen LogP contribution in [0.15, 0.2) is 0 Å². The van der Waals surface area contributed by atoms with Gasteiger partial charge in [0.25, 0.3) is 0 Å². The maximum absolute atomic E-state index is 11.6. The first kappa shape index (κ1) is 12.0. The third-order valence-corrected chi connectivity index (χ3v) is 3.25. The molecule has 0 spiro atoms. The second-order valence-electron chi connectivity index (χ2n) is 4.34. The molecule has 0 saturated heterocycles. The average Bonchev–Trinajstić information content (AvgIpc) is 2.09. The Bertz CT molecular complexity index is 248. The van der Waals surface area contributed by atoms with Gasteiger partial charge in [0.2, 0.25) is 5.91 Å². The molecule has 1 amide bonds. The molecule has 0 aliphatic heterocycles. The molecule has 0 radical (unpaired) electrons. The van der Waals surface area contributed by atoms with Gasteiger partial charge >= 0.3 is 5.97 Å². The molecular weight excluding hydrogens is 194 g/mol. The summed E-state index contributed by atoms with van der Waals surface area (Å²) in [6.07, 6.45) is 3.64. The minimum atomic E-state index is -0.933. The Balaban J connectivity index is 2.49. The van der Waals surface area contributed by atoms with Crippen LogP contribution in [0.25, 0.3) is 0 Å². The van der Waals surface area contributed by atoms with E-state index >= 15 is 0 Å². The van der Waals surface area contributed by atoms with E-state index in [2.05, 4.69) is 5.32 Å². The molecule has 0 heterocycles. The van der Waals surface area contributed by atoms with E-state index in [9.17, 15) is 9.59 Å². The van der Waals surface area contributed by atoms with Crippen LogP contribution in [0.4, 0.5) is 0 Å². The number of aliphatic carboxylic acids is 1. The zero-order valence-corrected chi connectivity index (χ0v) is 9.32. The number of carboxylic acid groups (broad SMARTS) is 1. The van der Waals surface area contributed by atoms with Gasteiger partial charge in [-0.3, -0.25) is 4.79 Å². The molecule has 0 aromatic heterocycles. The summed E-state index contributed by atoms with van der Waals surface area (Å²) in [4.78, 5) is 22.5. The summed E-state index contributed by atoms with van der Waals surface area (Å²) >= 11 is 0. The SMILES string of the molecule is CCC(C)C(NC(=O)C1CCC1)C(=O)O. The first-order valence-corrected chi connectivity index (χ1v) is 5.59. The van der Waals surface area contributed by atoms with Gasteiger partial charge in [0.05, 0.1) is 0 Å². The standard InChI is InChI=1S/C11H19NO3/c1-3-7(2)9(11(14)15)12-10(13)8-5-4-6-8/h7-9H,3-6H2,1-2H3,(H,12,13)(H,14,15). The van der Waals surface area contributed by atoms with Crippen LogP contribution in [-0.2, 0) is 9.59 Å². The highest BCUT2D eigenvalue weighted by Gasteiger charge is 2.31. The molecule has 1 saturated carbocycles. The van der Waals surface area contributed by atoms with Gasteiger partial charge in [-0.2, -0.15) is 0 Å². The van der Waals surface area contributed by atoms with Gasteiger partial charge in [-0.25, -0.2) is 4.79 Å². The highest BCUT2D eigenvalue weighted by atomic mass is 16.4. The average molecular weight is 213 g/mol. The molecule has 2 atom stereocenters. The van der Waals surface area contributed by atoms with Crippen LogP contribution in [0.3, 0.4) is 0 Å². The van der Waals surface area contributed by atoms with Crippen molar-refractivity contribution in [3.63, 3.8) is 0 Å². The Morgan fingerprint density at radius 2 is 2.07 bits per heavy atom. The number of rotatable bonds is 5. The van der Waals surface area contributed by atoms with Crippen molar-refractivity contribution in [3.05, 3.63) is 0 Å². The normalized spacial score (nSPS) is 20.1. The van der Waals surface area contributed by atoms with Crippen molar-refractivity contribution >= 4 is 11.9 Å². The van der Waals surface area contributed by atoms with Gasteiger partial charge < -0.3 is 10.4 Å². The predicted molar refractivity (Wildman–Crippen MR) is 56.4 cm³/mol. The van der Waals surface area contributed by atoms with Gasteiger partial charge in [0.1, 0.15) is 6.04 Å². The Hall–Kier alpha value is -1.06. The summed E-state index contributed by atoms with van der Waals surface area (Å²) in [5.41, 5.74) is 0. The molecule has 0 bridgehead atoms.